The standard InChI is InChI=1S/C26H27Cl2N7O4/c1-34(2)10-9-29-25-30-14-15-11-19(24(36)35(39-4)23(15)33-25)18-12-16(5-7-20(18)27)31-26(37)32-17-6-8-22(38-3)21(28)13-17/h5-8,11-14H,9-10H2,1-4H3,(H,29,30,33)(H2,31,32,37). The van der Waals surface area contributed by atoms with Gasteiger partial charge in [-0.1, -0.05) is 23.2 Å². The predicted molar refractivity (Wildman–Crippen MR) is 154 cm³/mol. The monoisotopic (exact) mass is 571 g/mol. The molecule has 4 aromatic rings. The number of fused-ring (bicyclic) bond motifs is 1. The highest BCUT2D eigenvalue weighted by Gasteiger charge is 2.17. The average Bonchev–Trinajstić information content (AvgIpc) is 2.89. The molecule has 13 heteroatoms. The van der Waals surface area contributed by atoms with Gasteiger partial charge in [0.25, 0.3) is 5.56 Å². The number of benzene rings is 2. The summed E-state index contributed by atoms with van der Waals surface area (Å²) in [6.07, 6.45) is 1.60. The first-order valence-electron chi connectivity index (χ1n) is 11.8. The largest absolute Gasteiger partial charge is 0.495 e. The number of carbonyl (C=O) groups excluding carboxylic acids is 1. The van der Waals surface area contributed by atoms with Crippen LogP contribution in [0.2, 0.25) is 10.0 Å². The highest BCUT2D eigenvalue weighted by Crippen LogP contribution is 2.31. The summed E-state index contributed by atoms with van der Waals surface area (Å²) < 4.78 is 6.21. The van der Waals surface area contributed by atoms with E-state index in [9.17, 15) is 9.59 Å². The Bertz CT molecular complexity index is 1580. The van der Waals surface area contributed by atoms with Crippen molar-refractivity contribution in [3.63, 3.8) is 0 Å². The van der Waals surface area contributed by atoms with Crippen LogP contribution in [0.3, 0.4) is 0 Å². The van der Waals surface area contributed by atoms with Crippen LogP contribution in [-0.2, 0) is 0 Å². The van der Waals surface area contributed by atoms with Crippen molar-refractivity contribution in [2.75, 3.05) is 57.4 Å². The second-order valence-electron chi connectivity index (χ2n) is 8.67. The van der Waals surface area contributed by atoms with Crippen LogP contribution in [0.25, 0.3) is 22.2 Å². The number of hydrogen-bond acceptors (Lipinski definition) is 8. The number of rotatable bonds is 9. The van der Waals surface area contributed by atoms with Crippen LogP contribution in [0.4, 0.5) is 22.1 Å². The summed E-state index contributed by atoms with van der Waals surface area (Å²) in [5.74, 6) is 0.861. The number of ether oxygens (including phenoxy) is 1. The number of aromatic nitrogens is 3. The summed E-state index contributed by atoms with van der Waals surface area (Å²) in [6, 6.07) is 10.8. The lowest BCUT2D eigenvalue weighted by Gasteiger charge is -2.14. The first-order chi connectivity index (χ1) is 18.7. The van der Waals surface area contributed by atoms with Crippen LogP contribution in [-0.4, -0.2) is 67.0 Å². The lowest BCUT2D eigenvalue weighted by molar-refractivity contribution is 0.168. The Morgan fingerprint density at radius 3 is 2.38 bits per heavy atom. The molecule has 3 N–H and O–H groups in total. The van der Waals surface area contributed by atoms with Gasteiger partial charge in [-0.05, 0) is 56.6 Å². The van der Waals surface area contributed by atoms with E-state index in [2.05, 4.69) is 25.9 Å². The maximum atomic E-state index is 13.4. The van der Waals surface area contributed by atoms with Crippen molar-refractivity contribution >= 4 is 57.6 Å². The quantitative estimate of drug-likeness (QED) is 0.269. The number of halogens is 2. The Morgan fingerprint density at radius 2 is 1.72 bits per heavy atom. The summed E-state index contributed by atoms with van der Waals surface area (Å²) >= 11 is 12.6. The molecule has 11 nitrogen and oxygen atoms in total. The molecule has 2 amide bonds. The van der Waals surface area contributed by atoms with Gasteiger partial charge in [-0.25, -0.2) is 9.78 Å². The maximum Gasteiger partial charge on any atom is 0.323 e. The third-order valence-electron chi connectivity index (χ3n) is 5.65. The Kier molecular flexibility index (Phi) is 8.75. The number of carbonyl (C=O) groups is 1. The minimum Gasteiger partial charge on any atom is -0.495 e. The lowest BCUT2D eigenvalue weighted by atomic mass is 10.1. The highest BCUT2D eigenvalue weighted by molar-refractivity contribution is 6.33. The van der Waals surface area contributed by atoms with E-state index in [4.69, 9.17) is 32.8 Å². The molecule has 0 unspecified atom stereocenters. The summed E-state index contributed by atoms with van der Waals surface area (Å²) in [5, 5.41) is 9.80. The summed E-state index contributed by atoms with van der Waals surface area (Å²) in [7, 11) is 6.81. The number of amides is 2. The van der Waals surface area contributed by atoms with Crippen molar-refractivity contribution in [2.45, 2.75) is 0 Å². The van der Waals surface area contributed by atoms with Gasteiger partial charge >= 0.3 is 6.03 Å². The SMILES string of the molecule is COc1ccc(NC(=O)Nc2ccc(Cl)c(-c3cc4cnc(NCCN(C)C)nc4n(OC)c3=O)c2)cc1Cl. The molecule has 0 radical (unpaired) electrons. The fraction of sp³-hybridized carbons (Fsp3) is 0.231. The Morgan fingerprint density at radius 1 is 1.00 bits per heavy atom. The van der Waals surface area contributed by atoms with E-state index in [1.807, 2.05) is 19.0 Å². The number of hydrogen-bond donors (Lipinski definition) is 3. The van der Waals surface area contributed by atoms with E-state index in [-0.39, 0.29) is 5.56 Å². The van der Waals surface area contributed by atoms with Gasteiger partial charge in [-0.15, -0.1) is 4.73 Å². The van der Waals surface area contributed by atoms with Crippen LogP contribution in [0.15, 0.2) is 53.5 Å². The zero-order valence-electron chi connectivity index (χ0n) is 21.7. The number of methoxy groups -OCH3 is 1. The van der Waals surface area contributed by atoms with Crippen molar-refractivity contribution < 1.29 is 14.4 Å². The topological polar surface area (TPSA) is 123 Å². The van der Waals surface area contributed by atoms with Crippen molar-refractivity contribution in [3.05, 3.63) is 69.1 Å². The van der Waals surface area contributed by atoms with E-state index in [0.717, 1.165) is 11.3 Å². The second-order valence-corrected chi connectivity index (χ2v) is 9.48. The Hall–Kier alpha value is -4.06. The molecule has 0 saturated heterocycles. The predicted octanol–water partition coefficient (Wildman–Crippen LogP) is 4.45. The minimum absolute atomic E-state index is 0.247. The fourth-order valence-electron chi connectivity index (χ4n) is 3.76. The minimum atomic E-state index is -0.514. The molecule has 2 aromatic heterocycles. The van der Waals surface area contributed by atoms with Crippen LogP contribution >= 0.6 is 23.2 Å². The van der Waals surface area contributed by atoms with E-state index >= 15 is 0 Å². The lowest BCUT2D eigenvalue weighted by Crippen LogP contribution is -2.28. The number of likely N-dealkylation sites (N-methyl/N-ethyl adjacent to an activating group) is 1. The van der Waals surface area contributed by atoms with Gasteiger partial charge in [0.05, 0.1) is 17.7 Å². The molecule has 0 aliphatic carbocycles. The van der Waals surface area contributed by atoms with Crippen LogP contribution in [0, 0.1) is 0 Å². The van der Waals surface area contributed by atoms with E-state index < -0.39 is 11.6 Å². The third kappa shape index (κ3) is 6.51. The molecule has 0 fully saturated rings. The summed E-state index contributed by atoms with van der Waals surface area (Å²) in [6.45, 7) is 1.41. The molecule has 204 valence electrons. The second kappa shape index (κ2) is 12.2. The number of pyridine rings is 1. The van der Waals surface area contributed by atoms with Crippen LogP contribution < -0.4 is 31.1 Å². The number of urea groups is 1. The van der Waals surface area contributed by atoms with Crippen LogP contribution in [0.1, 0.15) is 0 Å². The van der Waals surface area contributed by atoms with Crippen LogP contribution in [0.5, 0.6) is 5.75 Å². The van der Waals surface area contributed by atoms with E-state index in [1.54, 1.807) is 48.7 Å². The van der Waals surface area contributed by atoms with E-state index in [1.165, 1.54) is 14.2 Å². The molecule has 0 aliphatic rings. The number of nitrogens with one attached hydrogen (secondary N) is 3. The van der Waals surface area contributed by atoms with Gasteiger partial charge in [0.1, 0.15) is 12.9 Å². The molecule has 4 rings (SSSR count). The molecular weight excluding hydrogens is 545 g/mol. The van der Waals surface area contributed by atoms with Gasteiger partial charge in [-0.2, -0.15) is 4.98 Å². The van der Waals surface area contributed by atoms with E-state index in [0.29, 0.717) is 56.3 Å². The molecule has 0 atom stereocenters. The Balaban J connectivity index is 1.62. The Labute approximate surface area is 234 Å². The van der Waals surface area contributed by atoms with Gasteiger partial charge < -0.3 is 30.4 Å². The molecule has 39 heavy (non-hydrogen) atoms. The van der Waals surface area contributed by atoms with Crippen molar-refractivity contribution in [1.82, 2.24) is 19.6 Å². The number of anilines is 3. The fourth-order valence-corrected chi connectivity index (χ4v) is 4.23. The zero-order chi connectivity index (χ0) is 28.1. The summed E-state index contributed by atoms with van der Waals surface area (Å²) in [5.41, 5.74) is 1.35. The molecule has 0 saturated carbocycles. The maximum absolute atomic E-state index is 13.4. The smallest absolute Gasteiger partial charge is 0.323 e. The molecule has 0 aliphatic heterocycles. The molecule has 0 spiro atoms. The molecular formula is C26H27Cl2N7O4. The summed E-state index contributed by atoms with van der Waals surface area (Å²) in [4.78, 5) is 42.2. The van der Waals surface area contributed by atoms with Crippen molar-refractivity contribution in [1.29, 1.82) is 0 Å². The normalized spacial score (nSPS) is 10.9. The number of nitrogens with zero attached hydrogens (tertiary/aromatic N) is 4. The van der Waals surface area contributed by atoms with Crippen molar-refractivity contribution in [2.24, 2.45) is 0 Å². The first kappa shape index (κ1) is 28.0. The molecule has 2 heterocycles. The highest BCUT2D eigenvalue weighted by atomic mass is 35.5. The zero-order valence-corrected chi connectivity index (χ0v) is 23.2. The molecule has 2 aromatic carbocycles. The van der Waals surface area contributed by atoms with Crippen molar-refractivity contribution in [3.8, 4) is 16.9 Å². The van der Waals surface area contributed by atoms with Gasteiger partial charge in [0, 0.05) is 46.6 Å². The first-order valence-corrected chi connectivity index (χ1v) is 12.5. The molecule has 0 bridgehead atoms. The van der Waals surface area contributed by atoms with Gasteiger partial charge in [0.15, 0.2) is 5.65 Å². The third-order valence-corrected chi connectivity index (χ3v) is 6.28. The average molecular weight is 572 g/mol. The van der Waals surface area contributed by atoms with Gasteiger partial charge in [0.2, 0.25) is 5.95 Å². The van der Waals surface area contributed by atoms with Gasteiger partial charge in [-0.3, -0.25) is 4.79 Å².